The summed E-state index contributed by atoms with van der Waals surface area (Å²) in [6, 6.07) is 7.18. The van der Waals surface area contributed by atoms with Gasteiger partial charge in [0.05, 0.1) is 19.8 Å². The Balaban J connectivity index is 2.16. The number of rotatable bonds is 9. The second kappa shape index (κ2) is 9.90. The molecule has 6 heteroatoms. The Kier molecular flexibility index (Phi) is 8.08. The van der Waals surface area contributed by atoms with Crippen LogP contribution in [0.3, 0.4) is 0 Å². The molecule has 1 aromatic rings. The minimum absolute atomic E-state index is 0.00263. The van der Waals surface area contributed by atoms with Crippen LogP contribution in [0.25, 0.3) is 0 Å². The first-order chi connectivity index (χ1) is 10.1. The number of benzene rings is 1. The second-order valence-corrected chi connectivity index (χ2v) is 4.59. The van der Waals surface area contributed by atoms with E-state index in [9.17, 15) is 9.59 Å². The summed E-state index contributed by atoms with van der Waals surface area (Å²) in [5.41, 5.74) is 1.54. The van der Waals surface area contributed by atoms with Crippen LogP contribution in [0.2, 0.25) is 0 Å². The molecule has 3 N–H and O–H groups in total. The summed E-state index contributed by atoms with van der Waals surface area (Å²) in [7, 11) is 0. The topological polar surface area (TPSA) is 87.7 Å². The standard InChI is InChI=1S/C15H22N2O4/c1-12-4-2-5-13(10-12)15(20)17-11-14(19)16-6-3-8-21-9-7-18/h2,4-5,10,18H,3,6-9,11H2,1H3,(H,16,19)(H,17,20). The van der Waals surface area contributed by atoms with E-state index in [2.05, 4.69) is 10.6 Å². The number of aliphatic hydroxyl groups is 1. The van der Waals surface area contributed by atoms with Gasteiger partial charge in [-0.25, -0.2) is 0 Å². The maximum Gasteiger partial charge on any atom is 0.251 e. The molecular formula is C15H22N2O4. The van der Waals surface area contributed by atoms with Gasteiger partial charge in [-0.1, -0.05) is 17.7 Å². The van der Waals surface area contributed by atoms with E-state index in [1.54, 1.807) is 18.2 Å². The molecule has 2 amide bonds. The molecule has 6 nitrogen and oxygen atoms in total. The van der Waals surface area contributed by atoms with Gasteiger partial charge in [-0.15, -0.1) is 0 Å². The number of carbonyl (C=O) groups is 2. The van der Waals surface area contributed by atoms with Crippen LogP contribution >= 0.6 is 0 Å². The van der Waals surface area contributed by atoms with Crippen molar-refractivity contribution >= 4 is 11.8 Å². The summed E-state index contributed by atoms with van der Waals surface area (Å²) in [5.74, 6) is -0.502. The molecule has 0 aliphatic rings. The zero-order valence-electron chi connectivity index (χ0n) is 12.2. The molecule has 116 valence electrons. The largest absolute Gasteiger partial charge is 0.394 e. The van der Waals surface area contributed by atoms with Gasteiger partial charge >= 0.3 is 0 Å². The van der Waals surface area contributed by atoms with E-state index in [1.807, 2.05) is 13.0 Å². The third kappa shape index (κ3) is 7.43. The van der Waals surface area contributed by atoms with Gasteiger partial charge in [0.1, 0.15) is 0 Å². The maximum absolute atomic E-state index is 11.8. The van der Waals surface area contributed by atoms with E-state index in [0.29, 0.717) is 31.7 Å². The summed E-state index contributed by atoms with van der Waals surface area (Å²) in [6.07, 6.45) is 0.664. The van der Waals surface area contributed by atoms with Gasteiger partial charge in [0.15, 0.2) is 0 Å². The highest BCUT2D eigenvalue weighted by Gasteiger charge is 2.07. The number of carbonyl (C=O) groups excluding carboxylic acids is 2. The Labute approximate surface area is 124 Å². The lowest BCUT2D eigenvalue weighted by Gasteiger charge is -2.07. The SMILES string of the molecule is Cc1cccc(C(=O)NCC(=O)NCCCOCCO)c1. The fourth-order valence-corrected chi connectivity index (χ4v) is 1.68. The summed E-state index contributed by atoms with van der Waals surface area (Å²) >= 11 is 0. The first-order valence-electron chi connectivity index (χ1n) is 6.93. The van der Waals surface area contributed by atoms with Crippen molar-refractivity contribution in [2.75, 3.05) is 32.9 Å². The lowest BCUT2D eigenvalue weighted by molar-refractivity contribution is -0.120. The third-order valence-electron chi connectivity index (χ3n) is 2.71. The van der Waals surface area contributed by atoms with Gasteiger partial charge in [-0.2, -0.15) is 0 Å². The Bertz CT molecular complexity index is 463. The van der Waals surface area contributed by atoms with E-state index in [0.717, 1.165) is 5.56 Å². The highest BCUT2D eigenvalue weighted by molar-refractivity contribution is 5.96. The van der Waals surface area contributed by atoms with Crippen LogP contribution in [-0.4, -0.2) is 49.8 Å². The number of hydrogen-bond donors (Lipinski definition) is 3. The number of ether oxygens (including phenoxy) is 1. The Hall–Kier alpha value is -1.92. The zero-order valence-corrected chi connectivity index (χ0v) is 12.2. The van der Waals surface area contributed by atoms with E-state index in [1.165, 1.54) is 0 Å². The third-order valence-corrected chi connectivity index (χ3v) is 2.71. The summed E-state index contributed by atoms with van der Waals surface area (Å²) in [6.45, 7) is 3.12. The minimum Gasteiger partial charge on any atom is -0.394 e. The number of amides is 2. The Morgan fingerprint density at radius 2 is 2.05 bits per heavy atom. The highest BCUT2D eigenvalue weighted by Crippen LogP contribution is 2.03. The molecule has 0 unspecified atom stereocenters. The van der Waals surface area contributed by atoms with E-state index in [4.69, 9.17) is 9.84 Å². The van der Waals surface area contributed by atoms with E-state index >= 15 is 0 Å². The first kappa shape index (κ1) is 17.1. The number of nitrogens with one attached hydrogen (secondary N) is 2. The monoisotopic (exact) mass is 294 g/mol. The Morgan fingerprint density at radius 1 is 1.24 bits per heavy atom. The number of aliphatic hydroxyl groups excluding tert-OH is 1. The molecule has 21 heavy (non-hydrogen) atoms. The van der Waals surface area contributed by atoms with Crippen LogP contribution in [0.4, 0.5) is 0 Å². The molecule has 0 saturated heterocycles. The van der Waals surface area contributed by atoms with Crippen molar-refractivity contribution in [3.63, 3.8) is 0 Å². The van der Waals surface area contributed by atoms with Gasteiger partial charge in [0.2, 0.25) is 5.91 Å². The molecule has 0 aromatic heterocycles. The van der Waals surface area contributed by atoms with Crippen molar-refractivity contribution in [1.82, 2.24) is 10.6 Å². The predicted octanol–water partition coefficient (Wildman–Crippen LogP) is 0.240. The lowest BCUT2D eigenvalue weighted by atomic mass is 10.1. The molecular weight excluding hydrogens is 272 g/mol. The van der Waals surface area contributed by atoms with Crippen LogP contribution in [0.1, 0.15) is 22.3 Å². The van der Waals surface area contributed by atoms with Crippen molar-refractivity contribution < 1.29 is 19.4 Å². The van der Waals surface area contributed by atoms with Crippen molar-refractivity contribution in [3.8, 4) is 0 Å². The Morgan fingerprint density at radius 3 is 2.76 bits per heavy atom. The van der Waals surface area contributed by atoms with Crippen LogP contribution in [-0.2, 0) is 9.53 Å². The normalized spacial score (nSPS) is 10.2. The number of hydrogen-bond acceptors (Lipinski definition) is 4. The fourth-order valence-electron chi connectivity index (χ4n) is 1.68. The van der Waals surface area contributed by atoms with Gasteiger partial charge < -0.3 is 20.5 Å². The van der Waals surface area contributed by atoms with Crippen LogP contribution in [0.15, 0.2) is 24.3 Å². The average molecular weight is 294 g/mol. The van der Waals surface area contributed by atoms with Gasteiger partial charge in [0, 0.05) is 18.7 Å². The van der Waals surface area contributed by atoms with Gasteiger partial charge in [0.25, 0.3) is 5.91 Å². The molecule has 1 rings (SSSR count). The molecule has 0 bridgehead atoms. The molecule has 0 aliphatic heterocycles. The quantitative estimate of drug-likeness (QED) is 0.569. The minimum atomic E-state index is -0.264. The molecule has 0 heterocycles. The smallest absolute Gasteiger partial charge is 0.251 e. The molecule has 0 spiro atoms. The summed E-state index contributed by atoms with van der Waals surface area (Å²) < 4.78 is 5.06. The van der Waals surface area contributed by atoms with Crippen molar-refractivity contribution in [3.05, 3.63) is 35.4 Å². The predicted molar refractivity (Wildman–Crippen MR) is 79.0 cm³/mol. The molecule has 0 saturated carbocycles. The van der Waals surface area contributed by atoms with Crippen LogP contribution < -0.4 is 10.6 Å². The lowest BCUT2D eigenvalue weighted by Crippen LogP contribution is -2.37. The fraction of sp³-hybridized carbons (Fsp3) is 0.467. The number of aryl methyl sites for hydroxylation is 1. The second-order valence-electron chi connectivity index (χ2n) is 4.59. The molecule has 0 radical (unpaired) electrons. The van der Waals surface area contributed by atoms with Crippen LogP contribution in [0.5, 0.6) is 0 Å². The van der Waals surface area contributed by atoms with Crippen LogP contribution in [0, 0.1) is 6.92 Å². The van der Waals surface area contributed by atoms with E-state index in [-0.39, 0.29) is 25.0 Å². The van der Waals surface area contributed by atoms with Gasteiger partial charge in [-0.3, -0.25) is 9.59 Å². The summed E-state index contributed by atoms with van der Waals surface area (Å²) in [4.78, 5) is 23.3. The van der Waals surface area contributed by atoms with Gasteiger partial charge in [-0.05, 0) is 25.5 Å². The maximum atomic E-state index is 11.8. The average Bonchev–Trinajstić information content (AvgIpc) is 2.48. The van der Waals surface area contributed by atoms with E-state index < -0.39 is 0 Å². The molecule has 0 aliphatic carbocycles. The zero-order chi connectivity index (χ0) is 15.5. The van der Waals surface area contributed by atoms with Crippen molar-refractivity contribution in [1.29, 1.82) is 0 Å². The van der Waals surface area contributed by atoms with Crippen molar-refractivity contribution in [2.24, 2.45) is 0 Å². The molecule has 0 fully saturated rings. The first-order valence-corrected chi connectivity index (χ1v) is 6.93. The van der Waals surface area contributed by atoms with Crippen molar-refractivity contribution in [2.45, 2.75) is 13.3 Å². The molecule has 1 aromatic carbocycles. The summed E-state index contributed by atoms with van der Waals surface area (Å²) in [5, 5.41) is 13.8. The molecule has 0 atom stereocenters. The highest BCUT2D eigenvalue weighted by atomic mass is 16.5.